The van der Waals surface area contributed by atoms with Crippen LogP contribution in [0, 0.1) is 5.92 Å². The standard InChI is InChI=1S/C19H28N2O3.ClH/c1-21(9-10-24-18-6-4-3-5-17(18)23-2)19(22)13-14-11-15-7-8-16(12-14)20-15;/h3-6,14-16,20H,7-13H2,1-2H3;1H. The van der Waals surface area contributed by atoms with Crippen LogP contribution in [0.15, 0.2) is 24.3 Å². The quantitative estimate of drug-likeness (QED) is 0.804. The van der Waals surface area contributed by atoms with Crippen molar-refractivity contribution in [2.75, 3.05) is 27.3 Å². The number of piperidine rings is 1. The normalized spacial score (nSPS) is 24.3. The van der Waals surface area contributed by atoms with Crippen LogP contribution in [0.2, 0.25) is 0 Å². The van der Waals surface area contributed by atoms with E-state index in [0.29, 0.717) is 37.6 Å². The van der Waals surface area contributed by atoms with Gasteiger partial charge in [0.15, 0.2) is 11.5 Å². The van der Waals surface area contributed by atoms with E-state index < -0.39 is 0 Å². The van der Waals surface area contributed by atoms with Crippen LogP contribution in [-0.2, 0) is 4.79 Å². The molecule has 2 fully saturated rings. The molecule has 1 aromatic rings. The van der Waals surface area contributed by atoms with Crippen LogP contribution in [0.4, 0.5) is 0 Å². The highest BCUT2D eigenvalue weighted by Crippen LogP contribution is 2.33. The van der Waals surface area contributed by atoms with Crippen molar-refractivity contribution in [2.45, 2.75) is 44.2 Å². The number of likely N-dealkylation sites (N-methyl/N-ethyl adjacent to an activating group) is 1. The number of ether oxygens (including phenoxy) is 2. The maximum Gasteiger partial charge on any atom is 0.222 e. The zero-order chi connectivity index (χ0) is 16.9. The lowest BCUT2D eigenvalue weighted by Crippen LogP contribution is -2.40. The number of hydrogen-bond acceptors (Lipinski definition) is 4. The fourth-order valence-electron chi connectivity index (χ4n) is 3.90. The van der Waals surface area contributed by atoms with Gasteiger partial charge in [-0.3, -0.25) is 4.79 Å². The summed E-state index contributed by atoms with van der Waals surface area (Å²) in [6, 6.07) is 8.86. The van der Waals surface area contributed by atoms with E-state index in [2.05, 4.69) is 5.32 Å². The third-order valence-corrected chi connectivity index (χ3v) is 5.21. The molecule has 0 aliphatic carbocycles. The molecule has 0 saturated carbocycles. The molecule has 140 valence electrons. The van der Waals surface area contributed by atoms with Crippen molar-refractivity contribution >= 4 is 18.3 Å². The van der Waals surface area contributed by atoms with Gasteiger partial charge in [0.2, 0.25) is 5.91 Å². The van der Waals surface area contributed by atoms with Crippen LogP contribution in [0.3, 0.4) is 0 Å². The van der Waals surface area contributed by atoms with E-state index in [4.69, 9.17) is 9.47 Å². The molecular weight excluding hydrogens is 340 g/mol. The third-order valence-electron chi connectivity index (χ3n) is 5.21. The number of nitrogens with one attached hydrogen (secondary N) is 1. The highest BCUT2D eigenvalue weighted by molar-refractivity contribution is 5.85. The summed E-state index contributed by atoms with van der Waals surface area (Å²) >= 11 is 0. The molecule has 6 heteroatoms. The number of carbonyl (C=O) groups is 1. The van der Waals surface area contributed by atoms with E-state index in [9.17, 15) is 4.79 Å². The van der Waals surface area contributed by atoms with Crippen LogP contribution < -0.4 is 14.8 Å². The summed E-state index contributed by atoms with van der Waals surface area (Å²) in [5.74, 6) is 2.20. The highest BCUT2D eigenvalue weighted by atomic mass is 35.5. The summed E-state index contributed by atoms with van der Waals surface area (Å²) in [7, 11) is 3.49. The van der Waals surface area contributed by atoms with Crippen molar-refractivity contribution in [1.82, 2.24) is 10.2 Å². The second kappa shape index (κ2) is 9.30. The van der Waals surface area contributed by atoms with Gasteiger partial charge in [0.1, 0.15) is 6.61 Å². The number of rotatable bonds is 7. The predicted octanol–water partition coefficient (Wildman–Crippen LogP) is 2.87. The Bertz CT molecular complexity index is 557. The van der Waals surface area contributed by atoms with Gasteiger partial charge in [-0.25, -0.2) is 0 Å². The Labute approximate surface area is 156 Å². The Morgan fingerprint density at radius 2 is 1.84 bits per heavy atom. The molecule has 25 heavy (non-hydrogen) atoms. The molecule has 2 saturated heterocycles. The number of fused-ring (bicyclic) bond motifs is 2. The molecule has 0 spiro atoms. The van der Waals surface area contributed by atoms with E-state index >= 15 is 0 Å². The highest BCUT2D eigenvalue weighted by Gasteiger charge is 2.34. The van der Waals surface area contributed by atoms with Gasteiger partial charge in [0.25, 0.3) is 0 Å². The van der Waals surface area contributed by atoms with Gasteiger partial charge in [-0.05, 0) is 43.7 Å². The molecule has 2 unspecified atom stereocenters. The number of halogens is 1. The van der Waals surface area contributed by atoms with Gasteiger partial charge in [0, 0.05) is 25.6 Å². The van der Waals surface area contributed by atoms with Crippen LogP contribution in [0.25, 0.3) is 0 Å². The predicted molar refractivity (Wildman–Crippen MR) is 101 cm³/mol. The summed E-state index contributed by atoms with van der Waals surface area (Å²) in [5, 5.41) is 3.63. The number of amides is 1. The Morgan fingerprint density at radius 3 is 2.48 bits per heavy atom. The molecule has 2 atom stereocenters. The molecule has 2 bridgehead atoms. The number of methoxy groups -OCH3 is 1. The van der Waals surface area contributed by atoms with Crippen molar-refractivity contribution in [2.24, 2.45) is 5.92 Å². The van der Waals surface area contributed by atoms with Crippen LogP contribution in [0.1, 0.15) is 32.1 Å². The van der Waals surface area contributed by atoms with Crippen LogP contribution in [0.5, 0.6) is 11.5 Å². The number of carbonyl (C=O) groups excluding carboxylic acids is 1. The summed E-state index contributed by atoms with van der Waals surface area (Å²) in [4.78, 5) is 14.2. The molecule has 2 heterocycles. The molecule has 1 aromatic carbocycles. The number of hydrogen-bond donors (Lipinski definition) is 1. The lowest BCUT2D eigenvalue weighted by molar-refractivity contribution is -0.131. The second-order valence-corrected chi connectivity index (χ2v) is 6.99. The topological polar surface area (TPSA) is 50.8 Å². The number of para-hydroxylation sites is 2. The van der Waals surface area contributed by atoms with E-state index in [0.717, 1.165) is 24.3 Å². The van der Waals surface area contributed by atoms with Crippen molar-refractivity contribution in [1.29, 1.82) is 0 Å². The first-order chi connectivity index (χ1) is 11.7. The first kappa shape index (κ1) is 19.9. The summed E-state index contributed by atoms with van der Waals surface area (Å²) in [6.07, 6.45) is 5.51. The van der Waals surface area contributed by atoms with E-state index in [1.165, 1.54) is 12.8 Å². The lowest BCUT2D eigenvalue weighted by atomic mass is 9.89. The van der Waals surface area contributed by atoms with Gasteiger partial charge in [-0.2, -0.15) is 0 Å². The average Bonchev–Trinajstić information content (AvgIpc) is 2.93. The Hall–Kier alpha value is -1.46. The van der Waals surface area contributed by atoms with E-state index in [1.54, 1.807) is 12.0 Å². The maximum absolute atomic E-state index is 12.4. The summed E-state index contributed by atoms with van der Waals surface area (Å²) in [5.41, 5.74) is 0. The Kier molecular flexibility index (Phi) is 7.38. The molecule has 5 nitrogen and oxygen atoms in total. The largest absolute Gasteiger partial charge is 0.493 e. The monoisotopic (exact) mass is 368 g/mol. The zero-order valence-electron chi connectivity index (χ0n) is 15.1. The summed E-state index contributed by atoms with van der Waals surface area (Å²) in [6.45, 7) is 1.06. The third kappa shape index (κ3) is 5.25. The number of nitrogens with zero attached hydrogens (tertiary/aromatic N) is 1. The molecule has 3 rings (SSSR count). The van der Waals surface area contributed by atoms with Crippen LogP contribution >= 0.6 is 12.4 Å². The minimum atomic E-state index is 0. The van der Waals surface area contributed by atoms with Gasteiger partial charge in [-0.1, -0.05) is 12.1 Å². The minimum Gasteiger partial charge on any atom is -0.493 e. The fraction of sp³-hybridized carbons (Fsp3) is 0.632. The molecule has 1 amide bonds. The molecular formula is C19H29ClN2O3. The second-order valence-electron chi connectivity index (χ2n) is 6.99. The SMILES string of the molecule is COc1ccccc1OCCN(C)C(=O)CC1CC2CCC(C1)N2.Cl. The van der Waals surface area contributed by atoms with Gasteiger partial charge < -0.3 is 19.7 Å². The summed E-state index contributed by atoms with van der Waals surface area (Å²) < 4.78 is 11.0. The van der Waals surface area contributed by atoms with Crippen LogP contribution in [-0.4, -0.2) is 50.2 Å². The van der Waals surface area contributed by atoms with Gasteiger partial charge in [0.05, 0.1) is 13.7 Å². The zero-order valence-corrected chi connectivity index (χ0v) is 15.9. The van der Waals surface area contributed by atoms with Crippen molar-refractivity contribution in [3.8, 4) is 11.5 Å². The van der Waals surface area contributed by atoms with E-state index in [-0.39, 0.29) is 18.3 Å². The van der Waals surface area contributed by atoms with Gasteiger partial charge >= 0.3 is 0 Å². The fourth-order valence-corrected chi connectivity index (χ4v) is 3.90. The first-order valence-electron chi connectivity index (χ1n) is 8.91. The molecule has 0 radical (unpaired) electrons. The number of benzene rings is 1. The average molecular weight is 369 g/mol. The van der Waals surface area contributed by atoms with Crippen molar-refractivity contribution in [3.63, 3.8) is 0 Å². The maximum atomic E-state index is 12.4. The van der Waals surface area contributed by atoms with Crippen molar-refractivity contribution in [3.05, 3.63) is 24.3 Å². The first-order valence-corrected chi connectivity index (χ1v) is 8.91. The molecule has 2 aliphatic rings. The Balaban J connectivity index is 0.00000225. The molecule has 0 aromatic heterocycles. The molecule has 2 aliphatic heterocycles. The minimum absolute atomic E-state index is 0. The van der Waals surface area contributed by atoms with E-state index in [1.807, 2.05) is 31.3 Å². The Morgan fingerprint density at radius 1 is 1.20 bits per heavy atom. The lowest BCUT2D eigenvalue weighted by Gasteiger charge is -2.30. The smallest absolute Gasteiger partial charge is 0.222 e. The molecule has 1 N–H and O–H groups in total. The van der Waals surface area contributed by atoms with Crippen molar-refractivity contribution < 1.29 is 14.3 Å². The van der Waals surface area contributed by atoms with Gasteiger partial charge in [-0.15, -0.1) is 12.4 Å².